The Morgan fingerprint density at radius 3 is 2.71 bits per heavy atom. The third kappa shape index (κ3) is 2.46. The lowest BCUT2D eigenvalue weighted by Crippen LogP contribution is -2.37. The van der Waals surface area contributed by atoms with Crippen LogP contribution in [0.1, 0.15) is 6.42 Å². The van der Waals surface area contributed by atoms with Crippen LogP contribution in [0, 0.1) is 5.92 Å². The minimum absolute atomic E-state index is 0.0243. The van der Waals surface area contributed by atoms with Gasteiger partial charge in [0.05, 0.1) is 0 Å². The minimum atomic E-state index is -1.57. The predicted octanol–water partition coefficient (Wildman–Crippen LogP) is -0.0419. The lowest BCUT2D eigenvalue weighted by Gasteiger charge is -2.20. The topological polar surface area (TPSA) is 60.8 Å². The van der Waals surface area contributed by atoms with Crippen molar-refractivity contribution in [2.24, 2.45) is 5.92 Å². The van der Waals surface area contributed by atoms with Crippen LogP contribution in [0.3, 0.4) is 0 Å². The standard InChI is InChI=1S/C11H13BClNO3/c13-6-8-5-11(15)14(7-8)10-4-2-1-3-9(10)12(16)17/h1-4,8,16-17H,5-7H2. The van der Waals surface area contributed by atoms with Gasteiger partial charge in [0, 0.05) is 30.0 Å². The molecule has 1 amide bonds. The lowest BCUT2D eigenvalue weighted by molar-refractivity contribution is -0.117. The summed E-state index contributed by atoms with van der Waals surface area (Å²) in [5.74, 6) is 0.545. The molecule has 1 unspecified atom stereocenters. The highest BCUT2D eigenvalue weighted by atomic mass is 35.5. The average molecular weight is 253 g/mol. The molecule has 1 fully saturated rings. The molecule has 90 valence electrons. The largest absolute Gasteiger partial charge is 0.490 e. The van der Waals surface area contributed by atoms with Crippen molar-refractivity contribution in [3.05, 3.63) is 24.3 Å². The summed E-state index contributed by atoms with van der Waals surface area (Å²) in [6.45, 7) is 0.534. The normalized spacial score (nSPS) is 19.8. The first kappa shape index (κ1) is 12.4. The number of benzene rings is 1. The zero-order chi connectivity index (χ0) is 12.4. The van der Waals surface area contributed by atoms with Gasteiger partial charge in [-0.1, -0.05) is 18.2 Å². The molecule has 4 nitrogen and oxygen atoms in total. The van der Waals surface area contributed by atoms with Gasteiger partial charge >= 0.3 is 7.12 Å². The predicted molar refractivity (Wildman–Crippen MR) is 67.4 cm³/mol. The van der Waals surface area contributed by atoms with Crippen LogP contribution in [0.2, 0.25) is 0 Å². The summed E-state index contributed by atoms with van der Waals surface area (Å²) >= 11 is 5.75. The van der Waals surface area contributed by atoms with E-state index in [1.807, 2.05) is 0 Å². The van der Waals surface area contributed by atoms with Crippen molar-refractivity contribution >= 4 is 35.8 Å². The van der Waals surface area contributed by atoms with Crippen molar-refractivity contribution < 1.29 is 14.8 Å². The highest BCUT2D eigenvalue weighted by Gasteiger charge is 2.32. The highest BCUT2D eigenvalue weighted by Crippen LogP contribution is 2.24. The van der Waals surface area contributed by atoms with Crippen LogP contribution in [-0.4, -0.2) is 35.5 Å². The molecule has 0 aromatic heterocycles. The van der Waals surface area contributed by atoms with Gasteiger partial charge in [0.25, 0.3) is 0 Å². The summed E-state index contributed by atoms with van der Waals surface area (Å²) in [6.07, 6.45) is 0.416. The van der Waals surface area contributed by atoms with Gasteiger partial charge in [0.15, 0.2) is 0 Å². The molecule has 0 aliphatic carbocycles. The molecule has 6 heteroatoms. The number of nitrogens with zero attached hydrogens (tertiary/aromatic N) is 1. The third-order valence-corrected chi connectivity index (χ3v) is 3.37. The molecule has 1 saturated heterocycles. The fraction of sp³-hybridized carbons (Fsp3) is 0.364. The van der Waals surface area contributed by atoms with Gasteiger partial charge in [0.1, 0.15) is 0 Å². The highest BCUT2D eigenvalue weighted by molar-refractivity contribution is 6.60. The van der Waals surface area contributed by atoms with E-state index in [0.29, 0.717) is 30.0 Å². The zero-order valence-corrected chi connectivity index (χ0v) is 9.97. The Balaban J connectivity index is 2.31. The van der Waals surface area contributed by atoms with Crippen molar-refractivity contribution in [3.8, 4) is 0 Å². The van der Waals surface area contributed by atoms with E-state index in [0.717, 1.165) is 0 Å². The minimum Gasteiger partial charge on any atom is -0.423 e. The van der Waals surface area contributed by atoms with E-state index in [2.05, 4.69) is 0 Å². The maximum Gasteiger partial charge on any atom is 0.490 e. The number of para-hydroxylation sites is 1. The molecule has 1 heterocycles. The fourth-order valence-corrected chi connectivity index (χ4v) is 2.28. The van der Waals surface area contributed by atoms with E-state index in [9.17, 15) is 14.8 Å². The summed E-state index contributed by atoms with van der Waals surface area (Å²) < 4.78 is 0. The van der Waals surface area contributed by atoms with E-state index < -0.39 is 7.12 Å². The number of carbonyl (C=O) groups is 1. The van der Waals surface area contributed by atoms with Crippen LogP contribution in [0.4, 0.5) is 5.69 Å². The van der Waals surface area contributed by atoms with Crippen LogP contribution < -0.4 is 10.4 Å². The van der Waals surface area contributed by atoms with Crippen LogP contribution in [0.15, 0.2) is 24.3 Å². The number of halogens is 1. The first-order chi connectivity index (χ1) is 8.13. The molecule has 1 aliphatic rings. The van der Waals surface area contributed by atoms with Gasteiger partial charge in [-0.25, -0.2) is 0 Å². The fourth-order valence-electron chi connectivity index (χ4n) is 2.07. The maximum atomic E-state index is 11.8. The van der Waals surface area contributed by atoms with Crippen LogP contribution >= 0.6 is 11.6 Å². The van der Waals surface area contributed by atoms with Gasteiger partial charge in [-0.3, -0.25) is 4.79 Å². The summed E-state index contributed by atoms with van der Waals surface area (Å²) in [5.41, 5.74) is 0.899. The number of rotatable bonds is 3. The van der Waals surface area contributed by atoms with Gasteiger partial charge in [-0.05, 0) is 12.0 Å². The third-order valence-electron chi connectivity index (χ3n) is 2.93. The molecule has 2 rings (SSSR count). The van der Waals surface area contributed by atoms with Crippen LogP contribution in [0.25, 0.3) is 0 Å². The number of anilines is 1. The number of hydrogen-bond donors (Lipinski definition) is 2. The molecule has 1 atom stereocenters. The smallest absolute Gasteiger partial charge is 0.423 e. The number of amides is 1. The van der Waals surface area contributed by atoms with Crippen LogP contribution in [-0.2, 0) is 4.79 Å². The van der Waals surface area contributed by atoms with E-state index in [1.165, 1.54) is 0 Å². The number of alkyl halides is 1. The van der Waals surface area contributed by atoms with E-state index in [1.54, 1.807) is 29.2 Å². The van der Waals surface area contributed by atoms with Crippen molar-refractivity contribution in [2.45, 2.75) is 6.42 Å². The molecular weight excluding hydrogens is 240 g/mol. The Morgan fingerprint density at radius 1 is 1.41 bits per heavy atom. The van der Waals surface area contributed by atoms with Crippen molar-refractivity contribution in [1.82, 2.24) is 0 Å². The molecule has 0 spiro atoms. The number of hydrogen-bond acceptors (Lipinski definition) is 3. The van der Waals surface area contributed by atoms with Gasteiger partial charge in [-0.2, -0.15) is 0 Å². The Bertz CT molecular complexity index is 427. The second-order valence-electron chi connectivity index (χ2n) is 4.16. The second kappa shape index (κ2) is 5.08. The molecule has 0 saturated carbocycles. The summed E-state index contributed by atoms with van der Waals surface area (Å²) in [5, 5.41) is 18.5. The Morgan fingerprint density at radius 2 is 2.12 bits per heavy atom. The Hall–Kier alpha value is -1.04. The van der Waals surface area contributed by atoms with Crippen molar-refractivity contribution in [3.63, 3.8) is 0 Å². The monoisotopic (exact) mass is 253 g/mol. The summed E-state index contributed by atoms with van der Waals surface area (Å²) in [7, 11) is -1.57. The number of carbonyl (C=O) groups excluding carboxylic acids is 1. The SMILES string of the molecule is O=C1CC(CCl)CN1c1ccccc1B(O)O. The molecular formula is C11H13BClNO3. The van der Waals surface area contributed by atoms with Crippen LogP contribution in [0.5, 0.6) is 0 Å². The van der Waals surface area contributed by atoms with E-state index >= 15 is 0 Å². The molecule has 0 bridgehead atoms. The van der Waals surface area contributed by atoms with E-state index in [4.69, 9.17) is 11.6 Å². The molecule has 0 radical (unpaired) electrons. The first-order valence-electron chi connectivity index (χ1n) is 5.45. The van der Waals surface area contributed by atoms with Gasteiger partial charge in [0.2, 0.25) is 5.91 Å². The summed E-state index contributed by atoms with van der Waals surface area (Å²) in [6, 6.07) is 6.78. The Kier molecular flexibility index (Phi) is 3.71. The molecule has 2 N–H and O–H groups in total. The average Bonchev–Trinajstić information content (AvgIpc) is 2.70. The second-order valence-corrected chi connectivity index (χ2v) is 4.47. The van der Waals surface area contributed by atoms with Gasteiger partial charge < -0.3 is 14.9 Å². The zero-order valence-electron chi connectivity index (χ0n) is 9.21. The lowest BCUT2D eigenvalue weighted by atomic mass is 9.78. The Labute approximate surface area is 105 Å². The van der Waals surface area contributed by atoms with Crippen molar-refractivity contribution in [2.75, 3.05) is 17.3 Å². The molecule has 1 aromatic carbocycles. The van der Waals surface area contributed by atoms with Crippen molar-refractivity contribution in [1.29, 1.82) is 0 Å². The molecule has 1 aromatic rings. The van der Waals surface area contributed by atoms with E-state index in [-0.39, 0.29) is 11.8 Å². The molecule has 1 aliphatic heterocycles. The molecule has 17 heavy (non-hydrogen) atoms. The van der Waals surface area contributed by atoms with Gasteiger partial charge in [-0.15, -0.1) is 11.6 Å². The summed E-state index contributed by atoms with van der Waals surface area (Å²) in [4.78, 5) is 13.4. The quantitative estimate of drug-likeness (QED) is 0.587. The first-order valence-corrected chi connectivity index (χ1v) is 5.98. The maximum absolute atomic E-state index is 11.8.